The Balaban J connectivity index is 1.81. The minimum atomic E-state index is -1.03. The fourth-order valence-electron chi connectivity index (χ4n) is 4.30. The zero-order valence-corrected chi connectivity index (χ0v) is 15.9. The number of phenolic OH excluding ortho intramolecular Hbond substituents is 4. The first-order valence-electron chi connectivity index (χ1n) is 9.55. The molecule has 29 heavy (non-hydrogen) atoms. The molecule has 1 fully saturated rings. The monoisotopic (exact) mass is 401 g/mol. The first-order valence-corrected chi connectivity index (χ1v) is 9.55. The molecule has 0 unspecified atom stereocenters. The van der Waals surface area contributed by atoms with Crippen LogP contribution in [0.3, 0.4) is 0 Å². The van der Waals surface area contributed by atoms with E-state index in [1.165, 1.54) is 24.3 Å². The summed E-state index contributed by atoms with van der Waals surface area (Å²) in [6, 6.07) is 4.94. The van der Waals surface area contributed by atoms with Gasteiger partial charge < -0.3 is 35.2 Å². The maximum atomic E-state index is 12.2. The minimum Gasteiger partial charge on any atom is -0.507 e. The van der Waals surface area contributed by atoms with Crippen molar-refractivity contribution in [2.75, 3.05) is 6.54 Å². The Morgan fingerprint density at radius 2 is 1.83 bits per heavy atom. The van der Waals surface area contributed by atoms with Crippen LogP contribution in [-0.4, -0.2) is 49.0 Å². The lowest BCUT2D eigenvalue weighted by Gasteiger charge is -2.35. The van der Waals surface area contributed by atoms with Gasteiger partial charge in [0.2, 0.25) is 5.91 Å². The number of fused-ring (bicyclic) bond motifs is 1. The summed E-state index contributed by atoms with van der Waals surface area (Å²) < 4.78 is 6.06. The molecule has 2 heterocycles. The van der Waals surface area contributed by atoms with Gasteiger partial charge in [0.15, 0.2) is 11.5 Å². The minimum absolute atomic E-state index is 0.0189. The highest BCUT2D eigenvalue weighted by atomic mass is 16.5. The van der Waals surface area contributed by atoms with Gasteiger partial charge in [-0.05, 0) is 31.0 Å². The first kappa shape index (κ1) is 19.2. The summed E-state index contributed by atoms with van der Waals surface area (Å²) in [6.45, 7) is 2.32. The molecule has 8 nitrogen and oxygen atoms in total. The summed E-state index contributed by atoms with van der Waals surface area (Å²) in [6.07, 6.45) is -0.990. The second-order valence-corrected chi connectivity index (χ2v) is 7.43. The van der Waals surface area contributed by atoms with Crippen molar-refractivity contribution in [2.45, 2.75) is 44.4 Å². The highest BCUT2D eigenvalue weighted by molar-refractivity contribution is 5.80. The lowest BCUT2D eigenvalue weighted by molar-refractivity contribution is -0.128. The number of nitrogens with zero attached hydrogens (tertiary/aromatic N) is 1. The first-order chi connectivity index (χ1) is 13.8. The third kappa shape index (κ3) is 3.09. The van der Waals surface area contributed by atoms with Gasteiger partial charge in [0.05, 0.1) is 17.7 Å². The number of ether oxygens (including phenoxy) is 1. The second-order valence-electron chi connectivity index (χ2n) is 7.43. The van der Waals surface area contributed by atoms with Crippen LogP contribution >= 0.6 is 0 Å². The van der Waals surface area contributed by atoms with E-state index in [4.69, 9.17) is 4.74 Å². The van der Waals surface area contributed by atoms with Gasteiger partial charge in [-0.25, -0.2) is 0 Å². The standard InChI is InChI=1S/C21H23NO7/c1-2-22-12(4-6-18(22)28)19-16(26)9-14(24)11-8-17(27)20(29-21(11)19)10-3-5-13(23)15(25)7-10/h3,5,7,9,12,17,20,23-27H,2,4,6,8H2,1H3/t12-,17-,20-/m1/s1. The molecule has 154 valence electrons. The average Bonchev–Trinajstić information content (AvgIpc) is 3.04. The molecule has 2 aromatic carbocycles. The van der Waals surface area contributed by atoms with Crippen LogP contribution in [0.1, 0.15) is 48.6 Å². The third-order valence-corrected chi connectivity index (χ3v) is 5.71. The lowest BCUT2D eigenvalue weighted by Crippen LogP contribution is -2.32. The van der Waals surface area contributed by atoms with Gasteiger partial charge >= 0.3 is 0 Å². The van der Waals surface area contributed by atoms with Crippen molar-refractivity contribution in [1.29, 1.82) is 0 Å². The summed E-state index contributed by atoms with van der Waals surface area (Å²) in [5.41, 5.74) is 1.20. The molecule has 0 radical (unpaired) electrons. The predicted octanol–water partition coefficient (Wildman–Crippen LogP) is 2.23. The van der Waals surface area contributed by atoms with Crippen molar-refractivity contribution in [1.82, 2.24) is 4.90 Å². The zero-order chi connectivity index (χ0) is 20.9. The number of carbonyl (C=O) groups is 1. The van der Waals surface area contributed by atoms with E-state index in [0.29, 0.717) is 36.1 Å². The molecule has 2 aliphatic heterocycles. The van der Waals surface area contributed by atoms with Crippen molar-refractivity contribution in [3.63, 3.8) is 0 Å². The number of aliphatic hydroxyl groups is 1. The number of amides is 1. The van der Waals surface area contributed by atoms with Gasteiger partial charge in [-0.15, -0.1) is 0 Å². The summed E-state index contributed by atoms with van der Waals surface area (Å²) in [5.74, 6) is -0.791. The van der Waals surface area contributed by atoms with E-state index in [0.717, 1.165) is 0 Å². The zero-order valence-electron chi connectivity index (χ0n) is 15.9. The Kier molecular flexibility index (Phi) is 4.66. The van der Waals surface area contributed by atoms with E-state index in [-0.39, 0.29) is 41.1 Å². The van der Waals surface area contributed by atoms with Crippen LogP contribution in [0.2, 0.25) is 0 Å². The smallest absolute Gasteiger partial charge is 0.223 e. The van der Waals surface area contributed by atoms with Gasteiger partial charge in [0, 0.05) is 31.0 Å². The molecule has 0 aliphatic carbocycles. The maximum Gasteiger partial charge on any atom is 0.223 e. The molecule has 3 atom stereocenters. The molecule has 0 bridgehead atoms. The number of benzene rings is 2. The molecule has 2 aromatic rings. The Bertz CT molecular complexity index is 974. The van der Waals surface area contributed by atoms with Crippen LogP contribution in [0.5, 0.6) is 28.7 Å². The molecular formula is C21H23NO7. The quantitative estimate of drug-likeness (QED) is 0.499. The number of carbonyl (C=O) groups excluding carboxylic acids is 1. The Morgan fingerprint density at radius 1 is 1.07 bits per heavy atom. The van der Waals surface area contributed by atoms with E-state index < -0.39 is 18.2 Å². The van der Waals surface area contributed by atoms with Crippen LogP contribution in [0.25, 0.3) is 0 Å². The molecule has 0 aromatic heterocycles. The average molecular weight is 401 g/mol. The molecule has 1 saturated heterocycles. The largest absolute Gasteiger partial charge is 0.507 e. The number of likely N-dealkylation sites (tertiary alicyclic amines) is 1. The maximum absolute atomic E-state index is 12.2. The predicted molar refractivity (Wildman–Crippen MR) is 102 cm³/mol. The number of hydrogen-bond donors (Lipinski definition) is 5. The Morgan fingerprint density at radius 3 is 2.52 bits per heavy atom. The summed E-state index contributed by atoms with van der Waals surface area (Å²) in [5, 5.41) is 50.9. The Hall–Kier alpha value is -3.13. The fourth-order valence-corrected chi connectivity index (χ4v) is 4.30. The fraction of sp³-hybridized carbons (Fsp3) is 0.381. The van der Waals surface area contributed by atoms with Crippen LogP contribution in [0, 0.1) is 0 Å². The van der Waals surface area contributed by atoms with Crippen LogP contribution in [0.4, 0.5) is 0 Å². The van der Waals surface area contributed by atoms with Gasteiger partial charge in [-0.3, -0.25) is 4.79 Å². The molecule has 4 rings (SSSR count). The van der Waals surface area contributed by atoms with Gasteiger partial charge in [0.25, 0.3) is 0 Å². The van der Waals surface area contributed by atoms with E-state index in [1.807, 2.05) is 6.92 Å². The summed E-state index contributed by atoms with van der Waals surface area (Å²) in [7, 11) is 0. The molecule has 1 amide bonds. The summed E-state index contributed by atoms with van der Waals surface area (Å²) >= 11 is 0. The molecule has 8 heteroatoms. The molecule has 0 spiro atoms. The van der Waals surface area contributed by atoms with Gasteiger partial charge in [-0.2, -0.15) is 0 Å². The number of aromatic hydroxyl groups is 4. The SMILES string of the molecule is CCN1C(=O)CC[C@@H]1c1c(O)cc(O)c2c1O[C@H](c1ccc(O)c(O)c1)[C@H](O)C2. The highest BCUT2D eigenvalue weighted by Gasteiger charge is 2.40. The van der Waals surface area contributed by atoms with Crippen molar-refractivity contribution in [3.8, 4) is 28.7 Å². The van der Waals surface area contributed by atoms with E-state index in [1.54, 1.807) is 4.90 Å². The molecule has 2 aliphatic rings. The van der Waals surface area contributed by atoms with Crippen LogP contribution in [-0.2, 0) is 11.2 Å². The molecule has 0 saturated carbocycles. The second kappa shape index (κ2) is 7.04. The lowest BCUT2D eigenvalue weighted by atomic mass is 9.89. The van der Waals surface area contributed by atoms with E-state index in [9.17, 15) is 30.3 Å². The van der Waals surface area contributed by atoms with Crippen LogP contribution in [0.15, 0.2) is 24.3 Å². The van der Waals surface area contributed by atoms with E-state index >= 15 is 0 Å². The summed E-state index contributed by atoms with van der Waals surface area (Å²) in [4.78, 5) is 13.9. The van der Waals surface area contributed by atoms with Crippen molar-refractivity contribution < 1.29 is 35.1 Å². The van der Waals surface area contributed by atoms with Crippen molar-refractivity contribution in [3.05, 3.63) is 41.0 Å². The molecule has 5 N–H and O–H groups in total. The van der Waals surface area contributed by atoms with E-state index in [2.05, 4.69) is 0 Å². The third-order valence-electron chi connectivity index (χ3n) is 5.71. The van der Waals surface area contributed by atoms with Gasteiger partial charge in [0.1, 0.15) is 23.4 Å². The number of hydrogen-bond acceptors (Lipinski definition) is 7. The normalized spacial score (nSPS) is 23.7. The van der Waals surface area contributed by atoms with Crippen molar-refractivity contribution in [2.24, 2.45) is 0 Å². The highest BCUT2D eigenvalue weighted by Crippen LogP contribution is 2.51. The van der Waals surface area contributed by atoms with Gasteiger partial charge in [-0.1, -0.05) is 6.07 Å². The molecular weight excluding hydrogens is 378 g/mol. The Labute approximate surface area is 167 Å². The number of phenols is 4. The van der Waals surface area contributed by atoms with Crippen molar-refractivity contribution >= 4 is 5.91 Å². The van der Waals surface area contributed by atoms with Crippen LogP contribution < -0.4 is 4.74 Å². The topological polar surface area (TPSA) is 131 Å². The number of aliphatic hydroxyl groups excluding tert-OH is 1. The number of rotatable bonds is 3.